The second-order valence-corrected chi connectivity index (χ2v) is 6.74. The van der Waals surface area contributed by atoms with Crippen molar-refractivity contribution in [2.75, 3.05) is 19.6 Å². The summed E-state index contributed by atoms with van der Waals surface area (Å²) < 4.78 is 0. The van der Waals surface area contributed by atoms with Crippen molar-refractivity contribution >= 4 is 5.78 Å². The third-order valence-corrected chi connectivity index (χ3v) is 5.21. The number of carbonyl (C=O) groups is 1. The van der Waals surface area contributed by atoms with Crippen molar-refractivity contribution in [1.82, 2.24) is 4.90 Å². The summed E-state index contributed by atoms with van der Waals surface area (Å²) >= 11 is 0. The predicted octanol–water partition coefficient (Wildman–Crippen LogP) is 3.34. The molecule has 108 valence electrons. The molecule has 1 aliphatic heterocycles. The summed E-state index contributed by atoms with van der Waals surface area (Å²) in [5, 5.41) is 0. The highest BCUT2D eigenvalue weighted by molar-refractivity contribution is 5.97. The van der Waals surface area contributed by atoms with Crippen molar-refractivity contribution < 1.29 is 4.79 Å². The van der Waals surface area contributed by atoms with E-state index in [1.54, 1.807) is 0 Å². The van der Waals surface area contributed by atoms with Gasteiger partial charge in [-0.25, -0.2) is 0 Å². The van der Waals surface area contributed by atoms with Crippen molar-refractivity contribution in [3.8, 4) is 0 Å². The van der Waals surface area contributed by atoms with Crippen molar-refractivity contribution in [3.05, 3.63) is 34.9 Å². The van der Waals surface area contributed by atoms with Crippen LogP contribution in [-0.2, 0) is 12.8 Å². The Kier molecular flexibility index (Phi) is 3.93. The minimum atomic E-state index is 0.293. The SMILES string of the molecule is CC1CCN(CC(=O)c2ccc3c(c2)CCC3)CC1C. The number of benzene rings is 1. The lowest BCUT2D eigenvalue weighted by Gasteiger charge is -2.34. The Hall–Kier alpha value is -1.15. The number of hydrogen-bond donors (Lipinski definition) is 0. The second-order valence-electron chi connectivity index (χ2n) is 6.74. The maximum absolute atomic E-state index is 12.5. The Morgan fingerprint density at radius 3 is 2.80 bits per heavy atom. The summed E-state index contributed by atoms with van der Waals surface area (Å²) in [6.45, 7) is 7.36. The fourth-order valence-electron chi connectivity index (χ4n) is 3.53. The van der Waals surface area contributed by atoms with E-state index in [-0.39, 0.29) is 0 Å². The molecule has 1 aromatic carbocycles. The van der Waals surface area contributed by atoms with Crippen molar-refractivity contribution in [2.24, 2.45) is 11.8 Å². The lowest BCUT2D eigenvalue weighted by atomic mass is 9.88. The number of carbonyl (C=O) groups excluding carboxylic acids is 1. The summed E-state index contributed by atoms with van der Waals surface area (Å²) in [6, 6.07) is 6.33. The molecule has 1 aromatic rings. The maximum atomic E-state index is 12.5. The monoisotopic (exact) mass is 271 g/mol. The number of nitrogens with zero attached hydrogens (tertiary/aromatic N) is 1. The molecular formula is C18H25NO. The molecule has 2 heteroatoms. The van der Waals surface area contributed by atoms with Gasteiger partial charge in [0.2, 0.25) is 0 Å². The quantitative estimate of drug-likeness (QED) is 0.786. The van der Waals surface area contributed by atoms with Crippen LogP contribution in [0.25, 0.3) is 0 Å². The Balaban J connectivity index is 1.65. The minimum absolute atomic E-state index is 0.293. The molecule has 1 aliphatic carbocycles. The number of hydrogen-bond acceptors (Lipinski definition) is 2. The fraction of sp³-hybridized carbons (Fsp3) is 0.611. The van der Waals surface area contributed by atoms with E-state index >= 15 is 0 Å². The molecule has 0 bridgehead atoms. The average Bonchev–Trinajstić information content (AvgIpc) is 2.90. The summed E-state index contributed by atoms with van der Waals surface area (Å²) in [4.78, 5) is 14.8. The van der Waals surface area contributed by atoms with Gasteiger partial charge in [0.05, 0.1) is 6.54 Å². The van der Waals surface area contributed by atoms with Gasteiger partial charge in [-0.1, -0.05) is 26.0 Å². The van der Waals surface area contributed by atoms with Crippen molar-refractivity contribution in [3.63, 3.8) is 0 Å². The van der Waals surface area contributed by atoms with E-state index < -0.39 is 0 Å². The molecule has 0 spiro atoms. The van der Waals surface area contributed by atoms with Gasteiger partial charge in [-0.3, -0.25) is 9.69 Å². The summed E-state index contributed by atoms with van der Waals surface area (Å²) in [5.41, 5.74) is 3.76. The molecule has 2 aliphatic rings. The van der Waals surface area contributed by atoms with E-state index in [0.29, 0.717) is 18.2 Å². The number of fused-ring (bicyclic) bond motifs is 1. The number of rotatable bonds is 3. The zero-order valence-corrected chi connectivity index (χ0v) is 12.7. The van der Waals surface area contributed by atoms with Crippen LogP contribution in [0.5, 0.6) is 0 Å². The molecule has 0 saturated carbocycles. The summed E-state index contributed by atoms with van der Waals surface area (Å²) in [7, 11) is 0. The highest BCUT2D eigenvalue weighted by Crippen LogP contribution is 2.24. The minimum Gasteiger partial charge on any atom is -0.296 e. The standard InChI is InChI=1S/C18H25NO/c1-13-8-9-19(11-14(13)2)12-18(20)17-7-6-15-4-3-5-16(15)10-17/h6-7,10,13-14H,3-5,8-9,11-12H2,1-2H3. The van der Waals surface area contributed by atoms with E-state index in [4.69, 9.17) is 0 Å². The van der Waals surface area contributed by atoms with Gasteiger partial charge in [-0.15, -0.1) is 0 Å². The number of likely N-dealkylation sites (tertiary alicyclic amines) is 1. The first-order valence-electron chi connectivity index (χ1n) is 8.01. The van der Waals surface area contributed by atoms with Crippen LogP contribution in [0.4, 0.5) is 0 Å². The largest absolute Gasteiger partial charge is 0.296 e. The molecule has 2 atom stereocenters. The van der Waals surface area contributed by atoms with E-state index in [2.05, 4.69) is 30.9 Å². The molecule has 0 amide bonds. The number of Topliss-reactive ketones (excluding diaryl/α,β-unsaturated/α-hetero) is 1. The van der Waals surface area contributed by atoms with Crippen LogP contribution < -0.4 is 0 Å². The molecule has 1 heterocycles. The first-order valence-corrected chi connectivity index (χ1v) is 8.01. The van der Waals surface area contributed by atoms with E-state index in [0.717, 1.165) is 31.0 Å². The number of ketones is 1. The molecule has 0 N–H and O–H groups in total. The molecule has 3 rings (SSSR count). The topological polar surface area (TPSA) is 20.3 Å². The van der Waals surface area contributed by atoms with Crippen LogP contribution in [0.3, 0.4) is 0 Å². The zero-order chi connectivity index (χ0) is 14.1. The highest BCUT2D eigenvalue weighted by atomic mass is 16.1. The first-order chi connectivity index (χ1) is 9.63. The van der Waals surface area contributed by atoms with Crippen LogP contribution >= 0.6 is 0 Å². The van der Waals surface area contributed by atoms with Crippen molar-refractivity contribution in [2.45, 2.75) is 39.5 Å². The molecule has 1 fully saturated rings. The molecule has 20 heavy (non-hydrogen) atoms. The first kappa shape index (κ1) is 13.8. The summed E-state index contributed by atoms with van der Waals surface area (Å²) in [6.07, 6.45) is 4.80. The Morgan fingerprint density at radius 2 is 2.00 bits per heavy atom. The Morgan fingerprint density at radius 1 is 1.20 bits per heavy atom. The van der Waals surface area contributed by atoms with Crippen molar-refractivity contribution in [1.29, 1.82) is 0 Å². The smallest absolute Gasteiger partial charge is 0.176 e. The Bertz CT molecular complexity index is 508. The average molecular weight is 271 g/mol. The highest BCUT2D eigenvalue weighted by Gasteiger charge is 2.24. The van der Waals surface area contributed by atoms with Gasteiger partial charge in [0.1, 0.15) is 0 Å². The van der Waals surface area contributed by atoms with Gasteiger partial charge in [0, 0.05) is 12.1 Å². The summed E-state index contributed by atoms with van der Waals surface area (Å²) in [5.74, 6) is 1.79. The van der Waals surface area contributed by atoms with Gasteiger partial charge in [-0.2, -0.15) is 0 Å². The number of aryl methyl sites for hydroxylation is 2. The number of piperidine rings is 1. The molecule has 2 unspecified atom stereocenters. The van der Waals surface area contributed by atoms with E-state index in [1.165, 1.54) is 30.4 Å². The molecule has 0 radical (unpaired) electrons. The van der Waals surface area contributed by atoms with E-state index in [9.17, 15) is 4.79 Å². The lowest BCUT2D eigenvalue weighted by molar-refractivity contribution is 0.0849. The third kappa shape index (κ3) is 2.80. The molecule has 1 saturated heterocycles. The predicted molar refractivity (Wildman–Crippen MR) is 82.2 cm³/mol. The third-order valence-electron chi connectivity index (χ3n) is 5.21. The van der Waals surface area contributed by atoms with Gasteiger partial charge in [0.15, 0.2) is 5.78 Å². The normalized spacial score (nSPS) is 26.5. The lowest BCUT2D eigenvalue weighted by Crippen LogP contribution is -2.41. The Labute approximate surface area is 122 Å². The van der Waals surface area contributed by atoms with Crippen LogP contribution in [-0.4, -0.2) is 30.3 Å². The zero-order valence-electron chi connectivity index (χ0n) is 12.7. The van der Waals surface area contributed by atoms with Crippen LogP contribution in [0, 0.1) is 11.8 Å². The van der Waals surface area contributed by atoms with Gasteiger partial charge in [0.25, 0.3) is 0 Å². The van der Waals surface area contributed by atoms with E-state index in [1.807, 2.05) is 6.07 Å². The molecule has 0 aromatic heterocycles. The maximum Gasteiger partial charge on any atom is 0.176 e. The van der Waals surface area contributed by atoms with Crippen LogP contribution in [0.1, 0.15) is 48.2 Å². The van der Waals surface area contributed by atoms with Gasteiger partial charge < -0.3 is 0 Å². The molecular weight excluding hydrogens is 246 g/mol. The molecule has 2 nitrogen and oxygen atoms in total. The second kappa shape index (κ2) is 5.69. The van der Waals surface area contributed by atoms with Crippen LogP contribution in [0.15, 0.2) is 18.2 Å². The van der Waals surface area contributed by atoms with Gasteiger partial charge >= 0.3 is 0 Å². The van der Waals surface area contributed by atoms with Gasteiger partial charge in [-0.05, 0) is 61.3 Å². The fourth-order valence-corrected chi connectivity index (χ4v) is 3.53. The van der Waals surface area contributed by atoms with Crippen LogP contribution in [0.2, 0.25) is 0 Å².